The van der Waals surface area contributed by atoms with Gasteiger partial charge in [-0.05, 0) is 18.2 Å². The molecule has 1 unspecified atom stereocenters. The minimum absolute atomic E-state index is 0.104. The maximum Gasteiger partial charge on any atom is 0.243 e. The number of hydrogen-bond acceptors (Lipinski definition) is 5. The summed E-state index contributed by atoms with van der Waals surface area (Å²) in [6.45, 7) is 0.104. The van der Waals surface area contributed by atoms with Crippen LogP contribution >= 0.6 is 0 Å². The Kier molecular flexibility index (Phi) is 5.28. The molecule has 0 aliphatic carbocycles. The second-order valence-electron chi connectivity index (χ2n) is 4.01. The van der Waals surface area contributed by atoms with Gasteiger partial charge in [-0.1, -0.05) is 6.07 Å². The van der Waals surface area contributed by atoms with E-state index in [-0.39, 0.29) is 6.61 Å². The van der Waals surface area contributed by atoms with Gasteiger partial charge in [-0.15, -0.1) is 0 Å². The van der Waals surface area contributed by atoms with Gasteiger partial charge < -0.3 is 15.8 Å². The Hall–Kier alpha value is -1.64. The maximum atomic E-state index is 11.6. The highest BCUT2D eigenvalue weighted by Gasteiger charge is 2.13. The Morgan fingerprint density at radius 1 is 1.42 bits per heavy atom. The Morgan fingerprint density at radius 3 is 2.63 bits per heavy atom. The largest absolute Gasteiger partial charge is 0.383 e. The van der Waals surface area contributed by atoms with Crippen LogP contribution < -0.4 is 15.8 Å². The number of carbonyl (C=O) groups excluding carboxylic acids is 1. The normalized spacial score (nSPS) is 12.8. The van der Waals surface area contributed by atoms with Crippen LogP contribution in [-0.4, -0.2) is 40.3 Å². The summed E-state index contributed by atoms with van der Waals surface area (Å²) in [6.07, 6.45) is 1.05. The fourth-order valence-corrected chi connectivity index (χ4v) is 1.92. The third-order valence-electron chi connectivity index (χ3n) is 2.12. The number of benzene rings is 1. The number of ether oxygens (including phenoxy) is 1. The molecule has 0 aliphatic rings. The molecule has 1 aromatic carbocycles. The topological polar surface area (TPSA) is 111 Å². The minimum Gasteiger partial charge on any atom is -0.383 e. The standard InChI is InChI=1S/C11H17N3O4S/c1-18-7-10(12)11(15)13-8-4-3-5-9(6-8)14-19(2,16)17/h3-6,10,14H,7,12H2,1-2H3,(H,13,15). The molecule has 4 N–H and O–H groups in total. The molecule has 0 spiro atoms. The molecule has 1 amide bonds. The van der Waals surface area contributed by atoms with E-state index < -0.39 is 22.0 Å². The summed E-state index contributed by atoms with van der Waals surface area (Å²) in [4.78, 5) is 11.6. The number of rotatable bonds is 6. The molecule has 106 valence electrons. The molecule has 1 aromatic rings. The van der Waals surface area contributed by atoms with E-state index in [0.29, 0.717) is 11.4 Å². The molecule has 0 radical (unpaired) electrons. The van der Waals surface area contributed by atoms with Crippen molar-refractivity contribution in [1.82, 2.24) is 0 Å². The van der Waals surface area contributed by atoms with Crippen molar-refractivity contribution >= 4 is 27.3 Å². The van der Waals surface area contributed by atoms with Crippen LogP contribution in [0.5, 0.6) is 0 Å². The smallest absolute Gasteiger partial charge is 0.243 e. The van der Waals surface area contributed by atoms with E-state index >= 15 is 0 Å². The number of nitrogens with one attached hydrogen (secondary N) is 2. The Morgan fingerprint density at radius 2 is 2.05 bits per heavy atom. The van der Waals surface area contributed by atoms with E-state index in [1.807, 2.05) is 0 Å². The molecule has 0 aliphatic heterocycles. The van der Waals surface area contributed by atoms with Crippen molar-refractivity contribution in [3.8, 4) is 0 Å². The predicted octanol–water partition coefficient (Wildman–Crippen LogP) is -0.0297. The first-order valence-electron chi connectivity index (χ1n) is 5.45. The molecule has 19 heavy (non-hydrogen) atoms. The molecule has 0 fully saturated rings. The molecular weight excluding hydrogens is 270 g/mol. The first-order valence-corrected chi connectivity index (χ1v) is 7.34. The summed E-state index contributed by atoms with van der Waals surface area (Å²) < 4.78 is 29.3. The lowest BCUT2D eigenvalue weighted by atomic mass is 10.2. The van der Waals surface area contributed by atoms with Crippen LogP contribution in [0.3, 0.4) is 0 Å². The van der Waals surface area contributed by atoms with Crippen LogP contribution in [0, 0.1) is 0 Å². The van der Waals surface area contributed by atoms with E-state index in [1.54, 1.807) is 18.2 Å². The van der Waals surface area contributed by atoms with Gasteiger partial charge in [0, 0.05) is 12.8 Å². The molecule has 0 saturated heterocycles. The number of amides is 1. The molecule has 0 heterocycles. The number of carbonyl (C=O) groups is 1. The zero-order valence-corrected chi connectivity index (χ0v) is 11.5. The van der Waals surface area contributed by atoms with Crippen LogP contribution in [0.25, 0.3) is 0 Å². The Balaban J connectivity index is 2.75. The van der Waals surface area contributed by atoms with Gasteiger partial charge >= 0.3 is 0 Å². The SMILES string of the molecule is COCC(N)C(=O)Nc1cccc(NS(C)(=O)=O)c1. The van der Waals surface area contributed by atoms with Crippen molar-refractivity contribution in [2.24, 2.45) is 5.73 Å². The number of methoxy groups -OCH3 is 1. The fourth-order valence-electron chi connectivity index (χ4n) is 1.36. The van der Waals surface area contributed by atoms with Gasteiger partial charge in [0.25, 0.3) is 0 Å². The molecule has 1 atom stereocenters. The van der Waals surface area contributed by atoms with Gasteiger partial charge in [-0.3, -0.25) is 9.52 Å². The number of hydrogen-bond donors (Lipinski definition) is 3. The summed E-state index contributed by atoms with van der Waals surface area (Å²) in [7, 11) is -1.91. The van der Waals surface area contributed by atoms with E-state index in [4.69, 9.17) is 10.5 Å². The van der Waals surface area contributed by atoms with E-state index in [9.17, 15) is 13.2 Å². The van der Waals surface area contributed by atoms with Crippen molar-refractivity contribution in [2.45, 2.75) is 6.04 Å². The van der Waals surface area contributed by atoms with E-state index in [2.05, 4.69) is 10.0 Å². The second kappa shape index (κ2) is 6.50. The van der Waals surface area contributed by atoms with Crippen molar-refractivity contribution in [3.63, 3.8) is 0 Å². The van der Waals surface area contributed by atoms with Gasteiger partial charge in [-0.25, -0.2) is 8.42 Å². The first-order chi connectivity index (χ1) is 8.81. The van der Waals surface area contributed by atoms with Crippen LogP contribution in [0.1, 0.15) is 0 Å². The molecular formula is C11H17N3O4S. The predicted molar refractivity (Wildman–Crippen MR) is 73.4 cm³/mol. The highest BCUT2D eigenvalue weighted by atomic mass is 32.2. The third-order valence-corrected chi connectivity index (χ3v) is 2.72. The summed E-state index contributed by atoms with van der Waals surface area (Å²) >= 11 is 0. The van der Waals surface area contributed by atoms with Gasteiger partial charge in [0.1, 0.15) is 6.04 Å². The van der Waals surface area contributed by atoms with E-state index in [0.717, 1.165) is 6.26 Å². The number of sulfonamides is 1. The maximum absolute atomic E-state index is 11.6. The molecule has 1 rings (SSSR count). The average Bonchev–Trinajstić information content (AvgIpc) is 2.27. The lowest BCUT2D eigenvalue weighted by Gasteiger charge is -2.12. The van der Waals surface area contributed by atoms with Crippen LogP contribution in [0.4, 0.5) is 11.4 Å². The quantitative estimate of drug-likeness (QED) is 0.680. The first kappa shape index (κ1) is 15.4. The van der Waals surface area contributed by atoms with Crippen LogP contribution in [0.2, 0.25) is 0 Å². The Bertz CT molecular complexity index is 545. The monoisotopic (exact) mass is 287 g/mol. The molecule has 0 bridgehead atoms. The molecule has 7 nitrogen and oxygen atoms in total. The lowest BCUT2D eigenvalue weighted by Crippen LogP contribution is -2.39. The van der Waals surface area contributed by atoms with Crippen molar-refractivity contribution in [1.29, 1.82) is 0 Å². The van der Waals surface area contributed by atoms with Crippen molar-refractivity contribution in [2.75, 3.05) is 30.0 Å². The molecule has 0 saturated carbocycles. The van der Waals surface area contributed by atoms with Gasteiger partial charge in [0.15, 0.2) is 0 Å². The van der Waals surface area contributed by atoms with Gasteiger partial charge in [-0.2, -0.15) is 0 Å². The van der Waals surface area contributed by atoms with Gasteiger partial charge in [0.05, 0.1) is 18.6 Å². The summed E-state index contributed by atoms with van der Waals surface area (Å²) in [5.41, 5.74) is 6.38. The van der Waals surface area contributed by atoms with Crippen LogP contribution in [-0.2, 0) is 19.6 Å². The number of nitrogens with two attached hydrogens (primary N) is 1. The lowest BCUT2D eigenvalue weighted by molar-refractivity contribution is -0.118. The summed E-state index contributed by atoms with van der Waals surface area (Å²) in [5, 5.41) is 2.57. The molecule has 0 aromatic heterocycles. The minimum atomic E-state index is -3.35. The highest BCUT2D eigenvalue weighted by molar-refractivity contribution is 7.92. The van der Waals surface area contributed by atoms with Crippen LogP contribution in [0.15, 0.2) is 24.3 Å². The Labute approximate surface area is 112 Å². The zero-order valence-electron chi connectivity index (χ0n) is 10.7. The third kappa shape index (κ3) is 5.69. The van der Waals surface area contributed by atoms with Gasteiger partial charge in [0.2, 0.25) is 15.9 Å². The number of anilines is 2. The fraction of sp³-hybridized carbons (Fsp3) is 0.364. The zero-order chi connectivity index (χ0) is 14.5. The summed E-state index contributed by atoms with van der Waals surface area (Å²) in [5.74, 6) is -0.404. The van der Waals surface area contributed by atoms with Crippen molar-refractivity contribution < 1.29 is 17.9 Å². The summed E-state index contributed by atoms with van der Waals surface area (Å²) in [6, 6.07) is 5.54. The second-order valence-corrected chi connectivity index (χ2v) is 5.75. The van der Waals surface area contributed by atoms with E-state index in [1.165, 1.54) is 13.2 Å². The average molecular weight is 287 g/mol. The van der Waals surface area contributed by atoms with Crippen molar-refractivity contribution in [3.05, 3.63) is 24.3 Å². The molecule has 8 heteroatoms. The highest BCUT2D eigenvalue weighted by Crippen LogP contribution is 2.16.